The molecule has 2 rings (SSSR count). The molecule has 0 amide bonds. The fourth-order valence-corrected chi connectivity index (χ4v) is 1.00. The normalized spacial score (nSPS) is 10.7. The number of aromatic nitrogens is 2. The van der Waals surface area contributed by atoms with E-state index in [1.807, 2.05) is 12.1 Å². The lowest BCUT2D eigenvalue weighted by atomic mass is 10.3. The van der Waals surface area contributed by atoms with Crippen molar-refractivity contribution in [2.75, 3.05) is 11.5 Å². The molecule has 0 spiro atoms. The molecular formula is C10H13N3O3S. The molecule has 0 saturated heterocycles. The highest BCUT2D eigenvalue weighted by atomic mass is 32.2. The van der Waals surface area contributed by atoms with Crippen LogP contribution in [0.15, 0.2) is 30.6 Å². The van der Waals surface area contributed by atoms with Gasteiger partial charge in [0.05, 0.1) is 17.0 Å². The first-order valence-electron chi connectivity index (χ1n) is 4.84. The SMILES string of the molecule is CCS(=O)(=O)O.Nc1ccnc2cccnc12. The molecular weight excluding hydrogens is 242 g/mol. The molecule has 0 fully saturated rings. The summed E-state index contributed by atoms with van der Waals surface area (Å²) in [4.78, 5) is 8.19. The van der Waals surface area contributed by atoms with Crippen LogP contribution in [0.5, 0.6) is 0 Å². The number of nitrogens with two attached hydrogens (primary N) is 1. The van der Waals surface area contributed by atoms with Crippen molar-refractivity contribution >= 4 is 26.8 Å². The lowest BCUT2D eigenvalue weighted by Gasteiger charge is -1.96. The van der Waals surface area contributed by atoms with Crippen LogP contribution in [-0.2, 0) is 10.1 Å². The summed E-state index contributed by atoms with van der Waals surface area (Å²) in [5.74, 6) is -0.201. The Morgan fingerprint density at radius 3 is 2.47 bits per heavy atom. The predicted octanol–water partition coefficient (Wildman–Crippen LogP) is 1.11. The Kier molecular flexibility index (Phi) is 4.36. The number of hydrogen-bond donors (Lipinski definition) is 2. The van der Waals surface area contributed by atoms with Crippen LogP contribution in [0.1, 0.15) is 6.92 Å². The van der Waals surface area contributed by atoms with Crippen LogP contribution in [0.4, 0.5) is 5.69 Å². The van der Waals surface area contributed by atoms with E-state index in [1.165, 1.54) is 6.92 Å². The first-order chi connectivity index (χ1) is 7.94. The summed E-state index contributed by atoms with van der Waals surface area (Å²) in [7, 11) is -3.66. The molecule has 0 bridgehead atoms. The summed E-state index contributed by atoms with van der Waals surface area (Å²) in [6.07, 6.45) is 3.39. The second-order valence-corrected chi connectivity index (χ2v) is 4.88. The second kappa shape index (κ2) is 5.55. The molecule has 0 radical (unpaired) electrons. The summed E-state index contributed by atoms with van der Waals surface area (Å²) in [6, 6.07) is 5.48. The summed E-state index contributed by atoms with van der Waals surface area (Å²) in [5.41, 5.74) is 7.94. The molecule has 2 aromatic rings. The van der Waals surface area contributed by atoms with Crippen LogP contribution < -0.4 is 5.73 Å². The van der Waals surface area contributed by atoms with E-state index >= 15 is 0 Å². The summed E-state index contributed by atoms with van der Waals surface area (Å²) >= 11 is 0. The maximum Gasteiger partial charge on any atom is 0.264 e. The van der Waals surface area contributed by atoms with Crippen molar-refractivity contribution in [3.05, 3.63) is 30.6 Å². The van der Waals surface area contributed by atoms with Gasteiger partial charge in [-0.2, -0.15) is 8.42 Å². The van der Waals surface area contributed by atoms with Crippen LogP contribution in [-0.4, -0.2) is 28.7 Å². The molecule has 0 atom stereocenters. The maximum atomic E-state index is 9.56. The zero-order valence-electron chi connectivity index (χ0n) is 9.24. The van der Waals surface area contributed by atoms with Crippen LogP contribution >= 0.6 is 0 Å². The maximum absolute atomic E-state index is 9.56. The molecule has 0 aliphatic rings. The second-order valence-electron chi connectivity index (χ2n) is 3.14. The molecule has 2 heterocycles. The van der Waals surface area contributed by atoms with Gasteiger partial charge >= 0.3 is 0 Å². The molecule has 0 saturated carbocycles. The number of anilines is 1. The first-order valence-corrected chi connectivity index (χ1v) is 6.45. The number of rotatable bonds is 1. The zero-order valence-corrected chi connectivity index (χ0v) is 10.1. The van der Waals surface area contributed by atoms with Gasteiger partial charge in [-0.15, -0.1) is 0 Å². The number of nitrogen functional groups attached to an aromatic ring is 1. The molecule has 92 valence electrons. The predicted molar refractivity (Wildman–Crippen MR) is 66.0 cm³/mol. The van der Waals surface area contributed by atoms with Crippen LogP contribution in [0.2, 0.25) is 0 Å². The third-order valence-electron chi connectivity index (χ3n) is 1.89. The Bertz CT molecular complexity index is 593. The highest BCUT2D eigenvalue weighted by Crippen LogP contribution is 2.13. The molecule has 6 nitrogen and oxygen atoms in total. The van der Waals surface area contributed by atoms with E-state index in [0.29, 0.717) is 5.69 Å². The van der Waals surface area contributed by atoms with E-state index in [0.717, 1.165) is 11.0 Å². The Morgan fingerprint density at radius 1 is 1.29 bits per heavy atom. The van der Waals surface area contributed by atoms with E-state index in [2.05, 4.69) is 9.97 Å². The Morgan fingerprint density at radius 2 is 1.94 bits per heavy atom. The minimum absolute atomic E-state index is 0.201. The fraction of sp³-hybridized carbons (Fsp3) is 0.200. The largest absolute Gasteiger partial charge is 0.397 e. The molecule has 0 aliphatic heterocycles. The van der Waals surface area contributed by atoms with Crippen molar-refractivity contribution in [1.29, 1.82) is 0 Å². The summed E-state index contributed by atoms with van der Waals surface area (Å²) in [6.45, 7) is 1.37. The van der Waals surface area contributed by atoms with Gasteiger partial charge in [0.2, 0.25) is 0 Å². The van der Waals surface area contributed by atoms with E-state index in [4.69, 9.17) is 10.3 Å². The number of fused-ring (bicyclic) bond motifs is 1. The van der Waals surface area contributed by atoms with Gasteiger partial charge in [-0.1, -0.05) is 0 Å². The molecule has 0 unspecified atom stereocenters. The molecule has 7 heteroatoms. The van der Waals surface area contributed by atoms with E-state index in [1.54, 1.807) is 18.5 Å². The molecule has 0 aromatic carbocycles. The van der Waals surface area contributed by atoms with Gasteiger partial charge in [-0.25, -0.2) is 0 Å². The standard InChI is InChI=1S/C8H7N3.C2H6O3S/c9-6-3-5-10-7-2-1-4-11-8(6)7;1-2-6(3,4)5/h1-5H,(H2,9,10);2H2,1H3,(H,3,4,5). The van der Waals surface area contributed by atoms with Gasteiger partial charge in [0.15, 0.2) is 0 Å². The topological polar surface area (TPSA) is 106 Å². The number of hydrogen-bond acceptors (Lipinski definition) is 5. The Balaban J connectivity index is 0.000000209. The van der Waals surface area contributed by atoms with Gasteiger partial charge in [0.25, 0.3) is 10.1 Å². The third kappa shape index (κ3) is 4.33. The lowest BCUT2D eigenvalue weighted by molar-refractivity contribution is 0.484. The van der Waals surface area contributed by atoms with Crippen LogP contribution in [0, 0.1) is 0 Å². The average Bonchev–Trinajstić information content (AvgIpc) is 2.30. The first kappa shape index (κ1) is 13.3. The van der Waals surface area contributed by atoms with Gasteiger partial charge in [0, 0.05) is 12.4 Å². The van der Waals surface area contributed by atoms with Crippen molar-refractivity contribution in [3.8, 4) is 0 Å². The average molecular weight is 255 g/mol. The van der Waals surface area contributed by atoms with Crippen LogP contribution in [0.3, 0.4) is 0 Å². The van der Waals surface area contributed by atoms with E-state index < -0.39 is 10.1 Å². The molecule has 17 heavy (non-hydrogen) atoms. The lowest BCUT2D eigenvalue weighted by Crippen LogP contribution is -1.97. The Labute approximate surface area is 99.3 Å². The van der Waals surface area contributed by atoms with Crippen molar-refractivity contribution < 1.29 is 13.0 Å². The number of nitrogens with zero attached hydrogens (tertiary/aromatic N) is 2. The highest BCUT2D eigenvalue weighted by Gasteiger charge is 1.96. The van der Waals surface area contributed by atoms with Crippen molar-refractivity contribution in [1.82, 2.24) is 9.97 Å². The quantitative estimate of drug-likeness (QED) is 0.739. The minimum Gasteiger partial charge on any atom is -0.397 e. The van der Waals surface area contributed by atoms with Gasteiger partial charge in [-0.05, 0) is 25.1 Å². The third-order valence-corrected chi connectivity index (χ3v) is 2.62. The fourth-order valence-electron chi connectivity index (χ4n) is 1.00. The van der Waals surface area contributed by atoms with E-state index in [9.17, 15) is 8.42 Å². The van der Waals surface area contributed by atoms with Crippen LogP contribution in [0.25, 0.3) is 11.0 Å². The van der Waals surface area contributed by atoms with Crippen molar-refractivity contribution in [2.24, 2.45) is 0 Å². The Hall–Kier alpha value is -1.73. The molecule has 0 aliphatic carbocycles. The smallest absolute Gasteiger partial charge is 0.264 e. The minimum atomic E-state index is -3.66. The zero-order chi connectivity index (χ0) is 12.9. The number of pyridine rings is 2. The van der Waals surface area contributed by atoms with Crippen molar-refractivity contribution in [2.45, 2.75) is 6.92 Å². The monoisotopic (exact) mass is 255 g/mol. The summed E-state index contributed by atoms with van der Waals surface area (Å²) < 4.78 is 26.9. The van der Waals surface area contributed by atoms with Gasteiger partial charge < -0.3 is 5.73 Å². The van der Waals surface area contributed by atoms with Gasteiger partial charge in [-0.3, -0.25) is 14.5 Å². The molecule has 3 N–H and O–H groups in total. The van der Waals surface area contributed by atoms with Gasteiger partial charge in [0.1, 0.15) is 5.52 Å². The van der Waals surface area contributed by atoms with Crippen molar-refractivity contribution in [3.63, 3.8) is 0 Å². The van der Waals surface area contributed by atoms with E-state index in [-0.39, 0.29) is 5.75 Å². The summed E-state index contributed by atoms with van der Waals surface area (Å²) in [5, 5.41) is 0. The highest BCUT2D eigenvalue weighted by molar-refractivity contribution is 7.85. The molecule has 2 aromatic heterocycles.